The average molecular weight is 274 g/mol. The van der Waals surface area contributed by atoms with Crippen molar-refractivity contribution in [3.63, 3.8) is 0 Å². The predicted molar refractivity (Wildman–Crippen MR) is 63.8 cm³/mol. The molecule has 18 heavy (non-hydrogen) atoms. The van der Waals surface area contributed by atoms with Crippen molar-refractivity contribution in [1.82, 2.24) is 4.90 Å². The Morgan fingerprint density at radius 2 is 2.11 bits per heavy atom. The Balaban J connectivity index is 2.14. The molecule has 0 saturated carbocycles. The van der Waals surface area contributed by atoms with Crippen LogP contribution in [-0.4, -0.2) is 42.2 Å². The zero-order valence-corrected chi connectivity index (χ0v) is 10.4. The molecule has 1 amide bonds. The number of carbonyl (C=O) groups excluding carboxylic acids is 1. The molecule has 1 aliphatic rings. The number of halogens is 2. The van der Waals surface area contributed by atoms with Crippen LogP contribution >= 0.6 is 11.6 Å². The average Bonchev–Trinajstić information content (AvgIpc) is 2.38. The highest BCUT2D eigenvalue weighted by Gasteiger charge is 2.27. The molecule has 1 saturated heterocycles. The van der Waals surface area contributed by atoms with Gasteiger partial charge in [-0.1, -0.05) is 17.7 Å². The molecule has 0 bridgehead atoms. The minimum atomic E-state index is -1.50. The van der Waals surface area contributed by atoms with Gasteiger partial charge in [0.1, 0.15) is 5.82 Å². The zero-order valence-electron chi connectivity index (χ0n) is 9.60. The van der Waals surface area contributed by atoms with Gasteiger partial charge in [0, 0.05) is 23.7 Å². The lowest BCUT2D eigenvalue weighted by atomic mass is 10.1. The van der Waals surface area contributed by atoms with Crippen molar-refractivity contribution in [3.05, 3.63) is 34.6 Å². The van der Waals surface area contributed by atoms with Crippen LogP contribution in [0.2, 0.25) is 5.02 Å². The van der Waals surface area contributed by atoms with Crippen molar-refractivity contribution in [1.29, 1.82) is 0 Å². The molecule has 4 nitrogen and oxygen atoms in total. The Kier molecular flexibility index (Phi) is 4.16. The van der Waals surface area contributed by atoms with Crippen LogP contribution in [0.3, 0.4) is 0 Å². The normalized spacial score (nSPS) is 17.6. The number of morpholine rings is 1. The molecule has 98 valence electrons. The first-order valence-electron chi connectivity index (χ1n) is 5.59. The molecule has 1 atom stereocenters. The maximum absolute atomic E-state index is 13.6. The molecule has 1 aromatic rings. The summed E-state index contributed by atoms with van der Waals surface area (Å²) in [4.78, 5) is 13.4. The van der Waals surface area contributed by atoms with Crippen molar-refractivity contribution in [2.24, 2.45) is 0 Å². The Morgan fingerprint density at radius 3 is 2.72 bits per heavy atom. The molecular formula is C12H13ClFNO3. The molecule has 0 spiro atoms. The van der Waals surface area contributed by atoms with Crippen molar-refractivity contribution < 1.29 is 19.0 Å². The van der Waals surface area contributed by atoms with Crippen molar-refractivity contribution in [2.75, 3.05) is 26.3 Å². The topological polar surface area (TPSA) is 49.8 Å². The molecule has 1 aromatic carbocycles. The number of aliphatic hydroxyl groups excluding tert-OH is 1. The van der Waals surface area contributed by atoms with Crippen LogP contribution in [0.5, 0.6) is 0 Å². The molecule has 2 rings (SSSR count). The van der Waals surface area contributed by atoms with Gasteiger partial charge in [-0.05, 0) is 12.1 Å². The summed E-state index contributed by atoms with van der Waals surface area (Å²) in [7, 11) is 0. The second-order valence-electron chi connectivity index (χ2n) is 4.01. The summed E-state index contributed by atoms with van der Waals surface area (Å²) < 4.78 is 18.7. The van der Waals surface area contributed by atoms with E-state index in [2.05, 4.69) is 0 Å². The van der Waals surface area contributed by atoms with E-state index >= 15 is 0 Å². The molecule has 1 fully saturated rings. The zero-order chi connectivity index (χ0) is 13.1. The van der Waals surface area contributed by atoms with E-state index in [9.17, 15) is 14.3 Å². The first-order valence-corrected chi connectivity index (χ1v) is 5.97. The summed E-state index contributed by atoms with van der Waals surface area (Å²) in [5.74, 6) is -1.20. The van der Waals surface area contributed by atoms with Crippen LogP contribution in [0.15, 0.2) is 18.2 Å². The number of aliphatic hydroxyl groups is 1. The van der Waals surface area contributed by atoms with Gasteiger partial charge in [0.2, 0.25) is 0 Å². The maximum Gasteiger partial charge on any atom is 0.256 e. The maximum atomic E-state index is 13.6. The smallest absolute Gasteiger partial charge is 0.256 e. The molecular weight excluding hydrogens is 261 g/mol. The summed E-state index contributed by atoms with van der Waals surface area (Å²) in [6.45, 7) is 1.68. The molecule has 6 heteroatoms. The van der Waals surface area contributed by atoms with E-state index in [4.69, 9.17) is 16.3 Å². The third-order valence-corrected chi connectivity index (χ3v) is 3.05. The van der Waals surface area contributed by atoms with Gasteiger partial charge < -0.3 is 14.7 Å². The lowest BCUT2D eigenvalue weighted by Gasteiger charge is -2.28. The van der Waals surface area contributed by atoms with Gasteiger partial charge in [-0.3, -0.25) is 4.79 Å². The first-order chi connectivity index (χ1) is 8.59. The van der Waals surface area contributed by atoms with E-state index < -0.39 is 17.8 Å². The van der Waals surface area contributed by atoms with E-state index in [0.717, 1.165) is 6.07 Å². The molecule has 1 aliphatic heterocycles. The number of nitrogens with zero attached hydrogens (tertiary/aromatic N) is 1. The Bertz CT molecular complexity index is 449. The van der Waals surface area contributed by atoms with Crippen molar-refractivity contribution in [3.8, 4) is 0 Å². The van der Waals surface area contributed by atoms with Gasteiger partial charge in [0.15, 0.2) is 6.10 Å². The summed E-state index contributed by atoms with van der Waals surface area (Å²) in [5, 5.41) is 10.1. The molecule has 0 aliphatic carbocycles. The molecule has 1 heterocycles. The standard InChI is InChI=1S/C12H13ClFNO3/c13-8-1-2-9(10(14)7-8)11(16)12(17)15-3-5-18-6-4-15/h1-2,7,11,16H,3-6H2/t11-/m1/s1. The molecule has 0 aromatic heterocycles. The monoisotopic (exact) mass is 273 g/mol. The summed E-state index contributed by atoms with van der Waals surface area (Å²) in [6.07, 6.45) is -1.50. The van der Waals surface area contributed by atoms with E-state index in [0.29, 0.717) is 26.3 Å². The Hall–Kier alpha value is -1.17. The quantitative estimate of drug-likeness (QED) is 0.885. The molecule has 1 N–H and O–H groups in total. The Morgan fingerprint density at radius 1 is 1.44 bits per heavy atom. The number of rotatable bonds is 2. The van der Waals surface area contributed by atoms with E-state index in [-0.39, 0.29) is 10.6 Å². The van der Waals surface area contributed by atoms with Gasteiger partial charge in [-0.2, -0.15) is 0 Å². The van der Waals surface area contributed by atoms with Crippen molar-refractivity contribution >= 4 is 17.5 Å². The van der Waals surface area contributed by atoms with Crippen LogP contribution in [-0.2, 0) is 9.53 Å². The minimum absolute atomic E-state index is 0.0594. The summed E-state index contributed by atoms with van der Waals surface area (Å²) in [6, 6.07) is 3.84. The van der Waals surface area contributed by atoms with E-state index in [1.807, 2.05) is 0 Å². The number of amides is 1. The fraction of sp³-hybridized carbons (Fsp3) is 0.417. The van der Waals surface area contributed by atoms with Crippen molar-refractivity contribution in [2.45, 2.75) is 6.10 Å². The second kappa shape index (κ2) is 5.65. The third-order valence-electron chi connectivity index (χ3n) is 2.81. The number of hydrogen-bond acceptors (Lipinski definition) is 3. The summed E-state index contributed by atoms with van der Waals surface area (Å²) >= 11 is 5.62. The SMILES string of the molecule is O=C([C@H](O)c1ccc(Cl)cc1F)N1CCOCC1. The minimum Gasteiger partial charge on any atom is -0.378 e. The third kappa shape index (κ3) is 2.80. The fourth-order valence-corrected chi connectivity index (χ4v) is 1.97. The number of benzene rings is 1. The van der Waals surface area contributed by atoms with Gasteiger partial charge in [0.25, 0.3) is 5.91 Å². The largest absolute Gasteiger partial charge is 0.378 e. The van der Waals surface area contributed by atoms with Crippen LogP contribution in [0, 0.1) is 5.82 Å². The van der Waals surface area contributed by atoms with Gasteiger partial charge >= 0.3 is 0 Å². The fourth-order valence-electron chi connectivity index (χ4n) is 1.81. The lowest BCUT2D eigenvalue weighted by Crippen LogP contribution is -2.43. The predicted octanol–water partition coefficient (Wildman–Crippen LogP) is 1.37. The summed E-state index contributed by atoms with van der Waals surface area (Å²) in [5.41, 5.74) is -0.0594. The van der Waals surface area contributed by atoms with Gasteiger partial charge in [-0.15, -0.1) is 0 Å². The number of hydrogen-bond donors (Lipinski definition) is 1. The van der Waals surface area contributed by atoms with Crippen LogP contribution < -0.4 is 0 Å². The molecule has 0 radical (unpaired) electrons. The van der Waals surface area contributed by atoms with Crippen LogP contribution in [0.1, 0.15) is 11.7 Å². The number of carbonyl (C=O) groups is 1. The van der Waals surface area contributed by atoms with Gasteiger partial charge in [-0.25, -0.2) is 4.39 Å². The van der Waals surface area contributed by atoms with Crippen LogP contribution in [0.25, 0.3) is 0 Å². The second-order valence-corrected chi connectivity index (χ2v) is 4.44. The Labute approximate surface area is 109 Å². The van der Waals surface area contributed by atoms with E-state index in [1.54, 1.807) is 0 Å². The van der Waals surface area contributed by atoms with E-state index in [1.165, 1.54) is 17.0 Å². The molecule has 0 unspecified atom stereocenters. The highest BCUT2D eigenvalue weighted by atomic mass is 35.5. The number of ether oxygens (including phenoxy) is 1. The van der Waals surface area contributed by atoms with Gasteiger partial charge in [0.05, 0.1) is 13.2 Å². The first kappa shape index (κ1) is 13.3. The lowest BCUT2D eigenvalue weighted by molar-refractivity contribution is -0.144. The highest BCUT2D eigenvalue weighted by Crippen LogP contribution is 2.22. The van der Waals surface area contributed by atoms with Crippen LogP contribution in [0.4, 0.5) is 4.39 Å². The highest BCUT2D eigenvalue weighted by molar-refractivity contribution is 6.30.